The van der Waals surface area contributed by atoms with Crippen molar-refractivity contribution < 1.29 is 9.47 Å². The first-order chi connectivity index (χ1) is 10.9. The average Bonchev–Trinajstić information content (AvgIpc) is 2.58. The van der Waals surface area contributed by atoms with Crippen LogP contribution in [0.4, 0.5) is 11.9 Å². The van der Waals surface area contributed by atoms with E-state index in [2.05, 4.69) is 30.6 Å². The van der Waals surface area contributed by atoms with Crippen molar-refractivity contribution >= 4 is 11.9 Å². The highest BCUT2D eigenvalue weighted by Gasteiger charge is 1.95. The Morgan fingerprint density at radius 1 is 0.636 bits per heavy atom. The molecule has 0 spiro atoms. The van der Waals surface area contributed by atoms with E-state index >= 15 is 0 Å². The second kappa shape index (κ2) is 10.4. The van der Waals surface area contributed by atoms with Crippen molar-refractivity contribution in [3.05, 3.63) is 36.9 Å². The third-order valence-corrected chi connectivity index (χ3v) is 2.56. The monoisotopic (exact) mass is 304 g/mol. The first-order valence-corrected chi connectivity index (χ1v) is 7.12. The van der Waals surface area contributed by atoms with Gasteiger partial charge in [-0.1, -0.05) is 0 Å². The second-order valence-corrected chi connectivity index (χ2v) is 4.22. The predicted octanol–water partition coefficient (Wildman–Crippen LogP) is 0.824. The van der Waals surface area contributed by atoms with Crippen LogP contribution in [0.25, 0.3) is 0 Å². The molecule has 2 N–H and O–H groups in total. The Bertz CT molecular complexity index is 452. The average molecular weight is 304 g/mol. The minimum absolute atomic E-state index is 0.555. The molecular formula is C14H20N6O2. The van der Waals surface area contributed by atoms with Crippen LogP contribution in [0.3, 0.4) is 0 Å². The van der Waals surface area contributed by atoms with Crippen LogP contribution in [0.5, 0.6) is 0 Å². The van der Waals surface area contributed by atoms with Gasteiger partial charge in [0.25, 0.3) is 0 Å². The fraction of sp³-hybridized carbons (Fsp3) is 0.429. The Morgan fingerprint density at radius 3 is 1.45 bits per heavy atom. The maximum atomic E-state index is 5.43. The van der Waals surface area contributed by atoms with E-state index in [0.29, 0.717) is 51.4 Å². The number of aromatic nitrogens is 4. The van der Waals surface area contributed by atoms with Crippen molar-refractivity contribution in [1.29, 1.82) is 0 Å². The lowest BCUT2D eigenvalue weighted by molar-refractivity contribution is 0.0556. The van der Waals surface area contributed by atoms with Gasteiger partial charge in [0.2, 0.25) is 11.9 Å². The highest BCUT2D eigenvalue weighted by Crippen LogP contribution is 1.93. The molecule has 2 heterocycles. The number of ether oxygens (including phenoxy) is 2. The van der Waals surface area contributed by atoms with Gasteiger partial charge in [-0.05, 0) is 12.1 Å². The molecule has 0 fully saturated rings. The van der Waals surface area contributed by atoms with Gasteiger partial charge in [-0.25, -0.2) is 19.9 Å². The first-order valence-electron chi connectivity index (χ1n) is 7.12. The van der Waals surface area contributed by atoms with E-state index in [1.807, 2.05) is 0 Å². The zero-order chi connectivity index (χ0) is 15.3. The zero-order valence-corrected chi connectivity index (χ0v) is 12.3. The summed E-state index contributed by atoms with van der Waals surface area (Å²) in [5.74, 6) is 1.22. The normalized spacial score (nSPS) is 10.4. The molecule has 22 heavy (non-hydrogen) atoms. The fourth-order valence-corrected chi connectivity index (χ4v) is 1.57. The Labute approximate surface area is 129 Å². The Morgan fingerprint density at radius 2 is 1.05 bits per heavy atom. The van der Waals surface area contributed by atoms with Gasteiger partial charge in [0.1, 0.15) is 0 Å². The van der Waals surface area contributed by atoms with Crippen LogP contribution in [-0.2, 0) is 9.47 Å². The largest absolute Gasteiger partial charge is 0.377 e. The summed E-state index contributed by atoms with van der Waals surface area (Å²) in [4.78, 5) is 16.2. The van der Waals surface area contributed by atoms with Crippen LogP contribution in [0, 0.1) is 0 Å². The van der Waals surface area contributed by atoms with E-state index in [4.69, 9.17) is 9.47 Å². The van der Waals surface area contributed by atoms with Crippen molar-refractivity contribution in [1.82, 2.24) is 19.9 Å². The van der Waals surface area contributed by atoms with Gasteiger partial charge in [-0.15, -0.1) is 0 Å². The van der Waals surface area contributed by atoms with Gasteiger partial charge in [0.15, 0.2) is 0 Å². The molecule has 0 bridgehead atoms. The van der Waals surface area contributed by atoms with Crippen molar-refractivity contribution in [2.75, 3.05) is 50.2 Å². The third-order valence-electron chi connectivity index (χ3n) is 2.56. The molecule has 8 heteroatoms. The first kappa shape index (κ1) is 16.1. The van der Waals surface area contributed by atoms with Crippen LogP contribution in [-0.4, -0.2) is 59.5 Å². The summed E-state index contributed by atoms with van der Waals surface area (Å²) < 4.78 is 10.9. The predicted molar refractivity (Wildman–Crippen MR) is 82.7 cm³/mol. The summed E-state index contributed by atoms with van der Waals surface area (Å²) in [6.45, 7) is 3.60. The molecule has 8 nitrogen and oxygen atoms in total. The lowest BCUT2D eigenvalue weighted by Crippen LogP contribution is -2.16. The SMILES string of the molecule is c1cnc(NCCOCCOCCNc2ncccn2)nc1. The minimum Gasteiger partial charge on any atom is -0.377 e. The van der Waals surface area contributed by atoms with Crippen molar-refractivity contribution in [2.45, 2.75) is 0 Å². The van der Waals surface area contributed by atoms with Crippen LogP contribution in [0.1, 0.15) is 0 Å². The van der Waals surface area contributed by atoms with E-state index in [0.717, 1.165) is 0 Å². The molecular weight excluding hydrogens is 284 g/mol. The van der Waals surface area contributed by atoms with Crippen LogP contribution in [0.2, 0.25) is 0 Å². The molecule has 2 aromatic heterocycles. The maximum Gasteiger partial charge on any atom is 0.222 e. The van der Waals surface area contributed by atoms with Crippen molar-refractivity contribution in [3.8, 4) is 0 Å². The summed E-state index contributed by atoms with van der Waals surface area (Å²) in [6, 6.07) is 3.55. The fourth-order valence-electron chi connectivity index (χ4n) is 1.57. The summed E-state index contributed by atoms with van der Waals surface area (Å²) in [5, 5.41) is 6.12. The molecule has 0 unspecified atom stereocenters. The zero-order valence-electron chi connectivity index (χ0n) is 12.3. The summed E-state index contributed by atoms with van der Waals surface area (Å²) in [7, 11) is 0. The van der Waals surface area contributed by atoms with E-state index in [9.17, 15) is 0 Å². The molecule has 118 valence electrons. The third kappa shape index (κ3) is 6.91. The molecule has 0 saturated carbocycles. The molecule has 0 aliphatic carbocycles. The number of hydrogen-bond acceptors (Lipinski definition) is 8. The Hall–Kier alpha value is -2.32. The van der Waals surface area contributed by atoms with Crippen LogP contribution in [0.15, 0.2) is 36.9 Å². The van der Waals surface area contributed by atoms with E-state index in [1.165, 1.54) is 0 Å². The quantitative estimate of drug-likeness (QED) is 0.589. The number of rotatable bonds is 11. The standard InChI is InChI=1S/C14H20N6O2/c1-3-15-13(16-4-1)19-7-9-21-11-12-22-10-8-20-14-17-5-2-6-18-14/h1-6H,7-12H2,(H,15,16,19)(H,17,18,20). The Balaban J connectivity index is 1.37. The van der Waals surface area contributed by atoms with E-state index < -0.39 is 0 Å². The number of anilines is 2. The van der Waals surface area contributed by atoms with Gasteiger partial charge in [-0.3, -0.25) is 0 Å². The molecule has 0 radical (unpaired) electrons. The smallest absolute Gasteiger partial charge is 0.222 e. The molecule has 0 saturated heterocycles. The minimum atomic E-state index is 0.555. The van der Waals surface area contributed by atoms with Gasteiger partial charge in [0.05, 0.1) is 26.4 Å². The Kier molecular flexibility index (Phi) is 7.60. The van der Waals surface area contributed by atoms with Gasteiger partial charge >= 0.3 is 0 Å². The second-order valence-electron chi connectivity index (χ2n) is 4.22. The van der Waals surface area contributed by atoms with Gasteiger partial charge in [0, 0.05) is 37.9 Å². The summed E-state index contributed by atoms with van der Waals surface area (Å²) in [5.41, 5.74) is 0. The van der Waals surface area contributed by atoms with E-state index in [1.54, 1.807) is 36.9 Å². The lowest BCUT2D eigenvalue weighted by Gasteiger charge is -2.07. The summed E-state index contributed by atoms with van der Waals surface area (Å²) >= 11 is 0. The molecule has 0 atom stereocenters. The number of nitrogens with one attached hydrogen (secondary N) is 2. The number of nitrogens with zero attached hydrogens (tertiary/aromatic N) is 4. The molecule has 2 rings (SSSR count). The maximum absolute atomic E-state index is 5.43. The number of hydrogen-bond donors (Lipinski definition) is 2. The van der Waals surface area contributed by atoms with Crippen molar-refractivity contribution in [3.63, 3.8) is 0 Å². The highest BCUT2D eigenvalue weighted by molar-refractivity contribution is 5.22. The van der Waals surface area contributed by atoms with E-state index in [-0.39, 0.29) is 0 Å². The van der Waals surface area contributed by atoms with Gasteiger partial charge in [-0.2, -0.15) is 0 Å². The van der Waals surface area contributed by atoms with Crippen molar-refractivity contribution in [2.24, 2.45) is 0 Å². The molecule has 0 aromatic carbocycles. The molecule has 0 aliphatic heterocycles. The molecule has 0 amide bonds. The topological polar surface area (TPSA) is 94.1 Å². The van der Waals surface area contributed by atoms with Gasteiger partial charge < -0.3 is 20.1 Å². The van der Waals surface area contributed by atoms with Crippen LogP contribution < -0.4 is 10.6 Å². The summed E-state index contributed by atoms with van der Waals surface area (Å²) in [6.07, 6.45) is 6.77. The highest BCUT2D eigenvalue weighted by atomic mass is 16.5. The van der Waals surface area contributed by atoms with Crippen LogP contribution >= 0.6 is 0 Å². The molecule has 0 aliphatic rings. The molecule has 2 aromatic rings. The lowest BCUT2D eigenvalue weighted by atomic mass is 10.6.